The van der Waals surface area contributed by atoms with Gasteiger partial charge in [0.15, 0.2) is 0 Å². The molecule has 0 radical (unpaired) electrons. The molecule has 1 N–H and O–H groups in total. The molecule has 1 rings (SSSR count). The van der Waals surface area contributed by atoms with Gasteiger partial charge in [0.05, 0.1) is 19.8 Å². The van der Waals surface area contributed by atoms with Crippen LogP contribution in [0.25, 0.3) is 0 Å². The molecule has 7 heteroatoms. The van der Waals surface area contributed by atoms with Crippen LogP contribution in [0.15, 0.2) is 0 Å². The monoisotopic (exact) mass is 288 g/mol. The van der Waals surface area contributed by atoms with Gasteiger partial charge in [0, 0.05) is 33.4 Å². The summed E-state index contributed by atoms with van der Waals surface area (Å²) < 4.78 is 10.8. The van der Waals surface area contributed by atoms with Crippen molar-refractivity contribution < 1.29 is 9.47 Å². The molecule has 0 saturated carbocycles. The lowest BCUT2D eigenvalue weighted by atomic mass is 10.4. The predicted octanol–water partition coefficient (Wildman–Crippen LogP) is 1.45. The van der Waals surface area contributed by atoms with Crippen LogP contribution >= 0.6 is 11.3 Å². The Bertz CT molecular complexity index is 325. The van der Waals surface area contributed by atoms with Crippen LogP contribution in [0.4, 0.5) is 5.13 Å². The molecule has 0 bridgehead atoms. The van der Waals surface area contributed by atoms with Crippen molar-refractivity contribution in [3.8, 4) is 0 Å². The van der Waals surface area contributed by atoms with Crippen LogP contribution in [0.5, 0.6) is 0 Å². The van der Waals surface area contributed by atoms with Crippen molar-refractivity contribution in [1.29, 1.82) is 0 Å². The van der Waals surface area contributed by atoms with Gasteiger partial charge in [-0.05, 0) is 13.8 Å². The molecule has 110 valence electrons. The highest BCUT2D eigenvalue weighted by Gasteiger charge is 2.10. The van der Waals surface area contributed by atoms with Crippen molar-refractivity contribution in [3.63, 3.8) is 0 Å². The third kappa shape index (κ3) is 6.81. The molecule has 0 unspecified atom stereocenters. The minimum absolute atomic E-state index is 0.736. The van der Waals surface area contributed by atoms with E-state index in [-0.39, 0.29) is 0 Å². The highest BCUT2D eigenvalue weighted by Crippen LogP contribution is 2.15. The Morgan fingerprint density at radius 3 is 2.21 bits per heavy atom. The summed E-state index contributed by atoms with van der Waals surface area (Å²) in [6.07, 6.45) is 0. The number of nitrogens with zero attached hydrogens (tertiary/aromatic N) is 3. The van der Waals surface area contributed by atoms with Crippen LogP contribution in [0.1, 0.15) is 18.9 Å². The van der Waals surface area contributed by atoms with Crippen LogP contribution in [0.2, 0.25) is 0 Å². The molecule has 0 atom stereocenters. The molecule has 0 aliphatic carbocycles. The molecule has 19 heavy (non-hydrogen) atoms. The van der Waals surface area contributed by atoms with Crippen molar-refractivity contribution >= 4 is 16.5 Å². The standard InChI is InChI=1S/C12H24N4O2S/c1-4-17-8-6-16(7-9-18-5-2)10-11-14-15-12(13-3)19-11/h4-10H2,1-3H3,(H,13,15). The topological polar surface area (TPSA) is 59.5 Å². The van der Waals surface area contributed by atoms with Gasteiger partial charge in [0.2, 0.25) is 5.13 Å². The van der Waals surface area contributed by atoms with Gasteiger partial charge in [-0.25, -0.2) is 0 Å². The second-order valence-electron chi connectivity index (χ2n) is 3.92. The minimum atomic E-state index is 0.736. The van der Waals surface area contributed by atoms with E-state index in [9.17, 15) is 0 Å². The summed E-state index contributed by atoms with van der Waals surface area (Å²) in [6, 6.07) is 0. The van der Waals surface area contributed by atoms with Gasteiger partial charge in [0.1, 0.15) is 5.01 Å². The van der Waals surface area contributed by atoms with E-state index >= 15 is 0 Å². The Morgan fingerprint density at radius 1 is 1.11 bits per heavy atom. The van der Waals surface area contributed by atoms with Gasteiger partial charge in [-0.2, -0.15) is 0 Å². The Labute approximate surface area is 119 Å². The zero-order valence-electron chi connectivity index (χ0n) is 12.0. The lowest BCUT2D eigenvalue weighted by molar-refractivity contribution is 0.0796. The van der Waals surface area contributed by atoms with E-state index in [0.29, 0.717) is 0 Å². The molecule has 1 aromatic rings. The SMILES string of the molecule is CCOCCN(CCOCC)Cc1nnc(NC)s1. The number of aromatic nitrogens is 2. The molecular weight excluding hydrogens is 264 g/mol. The Balaban J connectivity index is 2.41. The van der Waals surface area contributed by atoms with Gasteiger partial charge < -0.3 is 14.8 Å². The summed E-state index contributed by atoms with van der Waals surface area (Å²) >= 11 is 1.58. The quantitative estimate of drug-likeness (QED) is 0.622. The van der Waals surface area contributed by atoms with Crippen LogP contribution in [0, 0.1) is 0 Å². The normalized spacial score (nSPS) is 11.2. The molecular formula is C12H24N4O2S. The molecule has 0 aromatic carbocycles. The fraction of sp³-hybridized carbons (Fsp3) is 0.833. The summed E-state index contributed by atoms with van der Waals surface area (Å²) in [5.41, 5.74) is 0. The second-order valence-corrected chi connectivity index (χ2v) is 4.98. The maximum atomic E-state index is 5.41. The Morgan fingerprint density at radius 2 is 1.74 bits per heavy atom. The van der Waals surface area contributed by atoms with E-state index in [1.54, 1.807) is 11.3 Å². The molecule has 6 nitrogen and oxygen atoms in total. The van der Waals surface area contributed by atoms with E-state index in [1.165, 1.54) is 0 Å². The molecule has 0 saturated heterocycles. The first kappa shape index (κ1) is 16.3. The fourth-order valence-corrected chi connectivity index (χ4v) is 2.29. The predicted molar refractivity (Wildman–Crippen MR) is 77.7 cm³/mol. The summed E-state index contributed by atoms with van der Waals surface area (Å²) in [5.74, 6) is 0. The van der Waals surface area contributed by atoms with Crippen molar-refractivity contribution in [3.05, 3.63) is 5.01 Å². The van der Waals surface area contributed by atoms with E-state index in [0.717, 1.165) is 56.2 Å². The number of hydrogen-bond acceptors (Lipinski definition) is 7. The summed E-state index contributed by atoms with van der Waals surface area (Å²) in [4.78, 5) is 2.28. The largest absolute Gasteiger partial charge is 0.380 e. The molecule has 0 fully saturated rings. The van der Waals surface area contributed by atoms with E-state index in [4.69, 9.17) is 9.47 Å². The van der Waals surface area contributed by atoms with E-state index < -0.39 is 0 Å². The highest BCUT2D eigenvalue weighted by atomic mass is 32.1. The maximum absolute atomic E-state index is 5.41. The van der Waals surface area contributed by atoms with E-state index in [2.05, 4.69) is 20.4 Å². The molecule has 1 aromatic heterocycles. The zero-order chi connectivity index (χ0) is 13.9. The van der Waals surface area contributed by atoms with Crippen molar-refractivity contribution in [2.75, 3.05) is 51.9 Å². The zero-order valence-corrected chi connectivity index (χ0v) is 12.8. The fourth-order valence-electron chi connectivity index (χ4n) is 1.56. The van der Waals surface area contributed by atoms with Gasteiger partial charge in [0.25, 0.3) is 0 Å². The van der Waals surface area contributed by atoms with Gasteiger partial charge in [-0.1, -0.05) is 11.3 Å². The molecule has 0 aliphatic rings. The van der Waals surface area contributed by atoms with Gasteiger partial charge in [-0.15, -0.1) is 10.2 Å². The van der Waals surface area contributed by atoms with Crippen LogP contribution in [-0.4, -0.2) is 61.7 Å². The summed E-state index contributed by atoms with van der Waals surface area (Å²) in [7, 11) is 1.85. The molecule has 1 heterocycles. The summed E-state index contributed by atoms with van der Waals surface area (Å²) in [5, 5.41) is 13.1. The van der Waals surface area contributed by atoms with Crippen molar-refractivity contribution in [2.45, 2.75) is 20.4 Å². The van der Waals surface area contributed by atoms with Gasteiger partial charge in [-0.3, -0.25) is 4.90 Å². The lowest BCUT2D eigenvalue weighted by Gasteiger charge is -2.20. The molecule has 0 amide bonds. The smallest absolute Gasteiger partial charge is 0.205 e. The average Bonchev–Trinajstić information content (AvgIpc) is 2.87. The number of ether oxygens (including phenoxy) is 2. The lowest BCUT2D eigenvalue weighted by Crippen LogP contribution is -2.30. The van der Waals surface area contributed by atoms with Crippen LogP contribution in [0.3, 0.4) is 0 Å². The molecule has 0 spiro atoms. The first-order chi connectivity index (χ1) is 9.30. The molecule has 0 aliphatic heterocycles. The Hall–Kier alpha value is -0.760. The first-order valence-corrected chi connectivity index (χ1v) is 7.49. The van der Waals surface area contributed by atoms with Crippen LogP contribution in [-0.2, 0) is 16.0 Å². The Kier molecular flexibility index (Phi) is 8.64. The number of anilines is 1. The number of rotatable bonds is 11. The number of hydrogen-bond donors (Lipinski definition) is 1. The highest BCUT2D eigenvalue weighted by molar-refractivity contribution is 7.15. The summed E-state index contributed by atoms with van der Waals surface area (Å²) in [6.45, 7) is 9.55. The van der Waals surface area contributed by atoms with Gasteiger partial charge >= 0.3 is 0 Å². The average molecular weight is 288 g/mol. The first-order valence-electron chi connectivity index (χ1n) is 6.68. The van der Waals surface area contributed by atoms with Crippen molar-refractivity contribution in [1.82, 2.24) is 15.1 Å². The second kappa shape index (κ2) is 10.1. The third-order valence-corrected chi connectivity index (χ3v) is 3.48. The van der Waals surface area contributed by atoms with E-state index in [1.807, 2.05) is 20.9 Å². The van der Waals surface area contributed by atoms with Crippen LogP contribution < -0.4 is 5.32 Å². The number of nitrogens with one attached hydrogen (secondary N) is 1. The third-order valence-electron chi connectivity index (χ3n) is 2.55. The maximum Gasteiger partial charge on any atom is 0.205 e. The minimum Gasteiger partial charge on any atom is -0.380 e. The van der Waals surface area contributed by atoms with Crippen molar-refractivity contribution in [2.24, 2.45) is 0 Å².